The topological polar surface area (TPSA) is 13.1 Å². The molecule has 218 valence electrons. The molecule has 0 unspecified atom stereocenters. The van der Waals surface area contributed by atoms with Crippen molar-refractivity contribution in [1.82, 2.24) is 0 Å². The smallest absolute Gasteiger partial charge is 0.143 e. The molecule has 47 heavy (non-hydrogen) atoms. The highest BCUT2D eigenvalue weighted by molar-refractivity contribution is 6.28. The Morgan fingerprint density at radius 3 is 1.79 bits per heavy atom. The minimum atomic E-state index is -0.439. The van der Waals surface area contributed by atoms with Crippen LogP contribution in [0.5, 0.6) is 0 Å². The lowest BCUT2D eigenvalue weighted by Crippen LogP contribution is -1.92. The fourth-order valence-corrected chi connectivity index (χ4v) is 7.24. The Hall–Kier alpha value is -6.18. The van der Waals surface area contributed by atoms with Gasteiger partial charge in [-0.05, 0) is 89.3 Å². The molecule has 9 aromatic carbocycles. The summed E-state index contributed by atoms with van der Waals surface area (Å²) in [6.45, 7) is 0. The van der Waals surface area contributed by atoms with E-state index in [0.717, 1.165) is 38.1 Å². The third-order valence-electron chi connectivity index (χ3n) is 9.29. The van der Waals surface area contributed by atoms with E-state index in [0.29, 0.717) is 38.8 Å². The van der Waals surface area contributed by atoms with Crippen LogP contribution in [0.25, 0.3) is 98.4 Å². The van der Waals surface area contributed by atoms with Crippen LogP contribution in [0.4, 0.5) is 0 Å². The lowest BCUT2D eigenvalue weighted by molar-refractivity contribution is 0.673. The van der Waals surface area contributed by atoms with Crippen LogP contribution in [0.1, 0.15) is 11.0 Å². The van der Waals surface area contributed by atoms with E-state index in [2.05, 4.69) is 6.07 Å². The zero-order valence-corrected chi connectivity index (χ0v) is 25.0. The van der Waals surface area contributed by atoms with Crippen LogP contribution in [-0.2, 0) is 0 Å². The summed E-state index contributed by atoms with van der Waals surface area (Å²) in [7, 11) is 0. The minimum Gasteiger partial charge on any atom is -0.455 e. The average Bonchev–Trinajstić information content (AvgIpc) is 3.62. The Morgan fingerprint density at radius 1 is 0.404 bits per heavy atom. The van der Waals surface area contributed by atoms with Gasteiger partial charge in [0, 0.05) is 16.2 Å². The van der Waals surface area contributed by atoms with E-state index in [9.17, 15) is 5.48 Å². The zero-order valence-electron chi connectivity index (χ0n) is 33.0. The summed E-state index contributed by atoms with van der Waals surface area (Å²) < 4.78 is 80.1. The van der Waals surface area contributed by atoms with Gasteiger partial charge in [-0.2, -0.15) is 0 Å². The molecule has 0 radical (unpaired) electrons. The fourth-order valence-electron chi connectivity index (χ4n) is 7.24. The second-order valence-electron chi connectivity index (χ2n) is 11.8. The maximum absolute atomic E-state index is 9.49. The maximum Gasteiger partial charge on any atom is 0.143 e. The van der Waals surface area contributed by atoms with Gasteiger partial charge in [-0.3, -0.25) is 0 Å². The number of hydrogen-bond acceptors (Lipinski definition) is 1. The Bertz CT molecular complexity index is 3220. The molecule has 1 heterocycles. The zero-order chi connectivity index (χ0) is 37.9. The molecule has 0 spiro atoms. The molecule has 0 N–H and O–H groups in total. The van der Waals surface area contributed by atoms with Crippen LogP contribution in [0.15, 0.2) is 174 Å². The highest BCUT2D eigenvalue weighted by Gasteiger charge is 2.21. The lowest BCUT2D eigenvalue weighted by atomic mass is 9.83. The van der Waals surface area contributed by atoms with Gasteiger partial charge in [0.05, 0.1) is 11.0 Å². The van der Waals surface area contributed by atoms with Crippen LogP contribution < -0.4 is 0 Å². The van der Waals surface area contributed by atoms with Gasteiger partial charge in [-0.15, -0.1) is 0 Å². The number of hydrogen-bond donors (Lipinski definition) is 0. The van der Waals surface area contributed by atoms with Crippen molar-refractivity contribution in [2.45, 2.75) is 0 Å². The molecular formula is C46H28O. The molecule has 0 bridgehead atoms. The predicted octanol–water partition coefficient (Wildman–Crippen LogP) is 13.2. The summed E-state index contributed by atoms with van der Waals surface area (Å²) in [6.07, 6.45) is 0. The molecule has 0 atom stereocenters. The van der Waals surface area contributed by atoms with Crippen molar-refractivity contribution in [1.29, 1.82) is 0 Å². The van der Waals surface area contributed by atoms with Crippen LogP contribution in [0.3, 0.4) is 0 Å². The molecule has 0 saturated heterocycles. The maximum atomic E-state index is 9.49. The fraction of sp³-hybridized carbons (Fsp3) is 0. The van der Waals surface area contributed by atoms with Crippen LogP contribution in [0, 0.1) is 0 Å². The molecule has 0 amide bonds. The second-order valence-corrected chi connectivity index (χ2v) is 11.8. The second kappa shape index (κ2) is 10.2. The molecule has 0 aliphatic heterocycles. The summed E-state index contributed by atoms with van der Waals surface area (Å²) in [5.74, 6) is 0. The Kier molecular flexibility index (Phi) is 4.19. The monoisotopic (exact) mass is 604 g/mol. The highest BCUT2D eigenvalue weighted by Crippen LogP contribution is 2.48. The molecule has 10 rings (SSSR count). The highest BCUT2D eigenvalue weighted by atomic mass is 16.3. The number of benzene rings is 9. The quantitative estimate of drug-likeness (QED) is 0.183. The van der Waals surface area contributed by atoms with Crippen molar-refractivity contribution < 1.29 is 15.4 Å². The molecule has 0 aliphatic rings. The van der Waals surface area contributed by atoms with Crippen molar-refractivity contribution in [3.8, 4) is 33.4 Å². The minimum absolute atomic E-state index is 0.166. The number of furan rings is 1. The summed E-state index contributed by atoms with van der Waals surface area (Å²) in [4.78, 5) is 0. The standard InChI is InChI=1S/C46H28O/c1-2-12-29(13-3-1)31-25-26-33-32(28-31)15-10-21-35(33)43-36-17-6-8-19-38(36)44(39-20-9-7-18-37(39)43)40-22-11-23-42-45(40)41-27-24-30-14-4-5-16-34(30)46(41)47-42/h1-28H/i6D,7D,8D,9D,17D,18D,19D,20D. The van der Waals surface area contributed by atoms with E-state index in [4.69, 9.17) is 9.90 Å². The van der Waals surface area contributed by atoms with Crippen molar-refractivity contribution in [2.75, 3.05) is 0 Å². The van der Waals surface area contributed by atoms with Gasteiger partial charge in [-0.25, -0.2) is 0 Å². The predicted molar refractivity (Wildman–Crippen MR) is 200 cm³/mol. The van der Waals surface area contributed by atoms with E-state index < -0.39 is 24.2 Å². The molecule has 1 aromatic heterocycles. The first-order valence-corrected chi connectivity index (χ1v) is 15.5. The number of fused-ring (bicyclic) bond motifs is 8. The average molecular weight is 605 g/mol. The van der Waals surface area contributed by atoms with Gasteiger partial charge in [0.25, 0.3) is 0 Å². The van der Waals surface area contributed by atoms with Gasteiger partial charge in [0.1, 0.15) is 11.2 Å². The Balaban J connectivity index is 1.44. The van der Waals surface area contributed by atoms with Gasteiger partial charge < -0.3 is 4.42 Å². The largest absolute Gasteiger partial charge is 0.455 e. The molecule has 1 nitrogen and oxygen atoms in total. The van der Waals surface area contributed by atoms with Crippen LogP contribution in [-0.4, -0.2) is 0 Å². The van der Waals surface area contributed by atoms with Crippen molar-refractivity contribution in [3.63, 3.8) is 0 Å². The molecular weight excluding hydrogens is 569 g/mol. The van der Waals surface area contributed by atoms with Gasteiger partial charge in [-0.1, -0.05) is 151 Å². The molecule has 0 fully saturated rings. The van der Waals surface area contributed by atoms with Crippen LogP contribution in [0.2, 0.25) is 0 Å². The van der Waals surface area contributed by atoms with Gasteiger partial charge in [0.2, 0.25) is 0 Å². The van der Waals surface area contributed by atoms with E-state index in [-0.39, 0.29) is 45.7 Å². The van der Waals surface area contributed by atoms with E-state index >= 15 is 0 Å². The van der Waals surface area contributed by atoms with E-state index in [1.807, 2.05) is 109 Å². The SMILES string of the molecule is [2H]c1c([2H])c([2H])c2c(-c3cccc4oc5c6ccccc6ccc5c34)c3c([2H])c([2H])c([2H])c([2H])c3c(-c3cccc4cc(-c5ccccc5)ccc34)c2c1[2H]. The third-order valence-corrected chi connectivity index (χ3v) is 9.29. The normalized spacial score (nSPS) is 14.2. The summed E-state index contributed by atoms with van der Waals surface area (Å²) >= 11 is 0. The number of rotatable bonds is 3. The van der Waals surface area contributed by atoms with E-state index in [1.54, 1.807) is 6.07 Å². The van der Waals surface area contributed by atoms with Gasteiger partial charge in [0.15, 0.2) is 0 Å². The van der Waals surface area contributed by atoms with Crippen molar-refractivity contribution in [2.24, 2.45) is 0 Å². The van der Waals surface area contributed by atoms with E-state index in [1.165, 1.54) is 0 Å². The summed E-state index contributed by atoms with van der Waals surface area (Å²) in [5.41, 5.74) is 4.96. The van der Waals surface area contributed by atoms with Crippen LogP contribution >= 0.6 is 0 Å². The van der Waals surface area contributed by atoms with Gasteiger partial charge >= 0.3 is 0 Å². The first kappa shape index (κ1) is 19.4. The summed E-state index contributed by atoms with van der Waals surface area (Å²) in [6, 6.07) is 36.1. The molecule has 10 aromatic rings. The first-order chi connectivity index (χ1) is 26.7. The summed E-state index contributed by atoms with van der Waals surface area (Å²) in [5, 5.41) is 5.67. The lowest BCUT2D eigenvalue weighted by Gasteiger charge is -2.19. The molecule has 0 aliphatic carbocycles. The van der Waals surface area contributed by atoms with Crippen molar-refractivity contribution >= 4 is 65.0 Å². The Labute approximate surface area is 283 Å². The first-order valence-electron chi connectivity index (χ1n) is 19.5. The Morgan fingerprint density at radius 2 is 1.02 bits per heavy atom. The molecule has 0 saturated carbocycles. The van der Waals surface area contributed by atoms with Crippen molar-refractivity contribution in [3.05, 3.63) is 170 Å². The molecule has 1 heteroatoms. The third kappa shape index (κ3) is 3.90.